The molecular weight excluding hydrogens is 282 g/mol. The summed E-state index contributed by atoms with van der Waals surface area (Å²) in [6.45, 7) is 0.384. The molecule has 1 fully saturated rings. The van der Waals surface area contributed by atoms with Crippen LogP contribution in [0.5, 0.6) is 0 Å². The minimum atomic E-state index is -0.221. The van der Waals surface area contributed by atoms with Crippen molar-refractivity contribution in [1.29, 1.82) is 0 Å². The van der Waals surface area contributed by atoms with Crippen molar-refractivity contribution in [2.75, 3.05) is 12.4 Å². The average Bonchev–Trinajstić information content (AvgIpc) is 3.19. The Labute approximate surface area is 129 Å². The van der Waals surface area contributed by atoms with Crippen LogP contribution in [0.2, 0.25) is 0 Å². The Balaban J connectivity index is 1.68. The Bertz CT molecular complexity index is 655. The number of carbonyl (C=O) groups excluding carboxylic acids is 1. The molecule has 0 saturated heterocycles. The van der Waals surface area contributed by atoms with E-state index in [1.54, 1.807) is 24.9 Å². The normalized spacial score (nSPS) is 15.4. The van der Waals surface area contributed by atoms with Gasteiger partial charge in [-0.1, -0.05) is 12.8 Å². The van der Waals surface area contributed by atoms with Gasteiger partial charge in [-0.05, 0) is 18.9 Å². The number of anilines is 1. The van der Waals surface area contributed by atoms with Gasteiger partial charge in [0.25, 0.3) is 5.91 Å². The largest absolute Gasteiger partial charge is 0.378 e. The molecule has 3 rings (SSSR count). The van der Waals surface area contributed by atoms with E-state index in [4.69, 9.17) is 4.74 Å². The van der Waals surface area contributed by atoms with Gasteiger partial charge in [-0.2, -0.15) is 10.2 Å². The third-order valence-corrected chi connectivity index (χ3v) is 4.09. The second-order valence-corrected chi connectivity index (χ2v) is 5.72. The molecule has 1 amide bonds. The van der Waals surface area contributed by atoms with Gasteiger partial charge in [0.15, 0.2) is 5.82 Å². The quantitative estimate of drug-likeness (QED) is 0.886. The Hall–Kier alpha value is -2.15. The van der Waals surface area contributed by atoms with E-state index >= 15 is 0 Å². The third-order valence-electron chi connectivity index (χ3n) is 4.09. The van der Waals surface area contributed by atoms with Crippen molar-refractivity contribution in [2.45, 2.75) is 38.2 Å². The van der Waals surface area contributed by atoms with Crippen LogP contribution < -0.4 is 5.32 Å². The fraction of sp³-hybridized carbons (Fsp3) is 0.533. The van der Waals surface area contributed by atoms with E-state index in [0.717, 1.165) is 11.4 Å². The van der Waals surface area contributed by atoms with E-state index in [0.29, 0.717) is 24.0 Å². The zero-order valence-corrected chi connectivity index (χ0v) is 12.9. The first-order valence-corrected chi connectivity index (χ1v) is 7.56. The number of rotatable bonds is 5. The molecule has 7 nitrogen and oxygen atoms in total. The fourth-order valence-electron chi connectivity index (χ4n) is 2.98. The predicted molar refractivity (Wildman–Crippen MR) is 81.7 cm³/mol. The average molecular weight is 303 g/mol. The van der Waals surface area contributed by atoms with Gasteiger partial charge in [0.1, 0.15) is 5.69 Å². The smallest absolute Gasteiger partial charge is 0.275 e. The van der Waals surface area contributed by atoms with Crippen LogP contribution in [0.15, 0.2) is 12.1 Å². The molecule has 0 spiro atoms. The first-order valence-electron chi connectivity index (χ1n) is 7.56. The SMILES string of the molecule is COCc1cc(C(=O)Nc2cc(C3CCCC3)[nH]n2)n(C)n1. The van der Waals surface area contributed by atoms with E-state index in [9.17, 15) is 4.79 Å². The highest BCUT2D eigenvalue weighted by Crippen LogP contribution is 2.33. The zero-order chi connectivity index (χ0) is 15.5. The molecule has 0 aromatic carbocycles. The van der Waals surface area contributed by atoms with Gasteiger partial charge in [-0.15, -0.1) is 0 Å². The predicted octanol–water partition coefficient (Wildman–Crippen LogP) is 2.20. The molecule has 2 N–H and O–H groups in total. The molecule has 1 saturated carbocycles. The summed E-state index contributed by atoms with van der Waals surface area (Å²) >= 11 is 0. The second kappa shape index (κ2) is 6.31. The van der Waals surface area contributed by atoms with Crippen molar-refractivity contribution in [1.82, 2.24) is 20.0 Å². The van der Waals surface area contributed by atoms with Crippen molar-refractivity contribution < 1.29 is 9.53 Å². The number of H-pyrrole nitrogens is 1. The van der Waals surface area contributed by atoms with Gasteiger partial charge in [-0.3, -0.25) is 14.6 Å². The first-order chi connectivity index (χ1) is 10.7. The van der Waals surface area contributed by atoms with Crippen molar-refractivity contribution >= 4 is 11.7 Å². The fourth-order valence-corrected chi connectivity index (χ4v) is 2.98. The van der Waals surface area contributed by atoms with Crippen LogP contribution in [0, 0.1) is 0 Å². The van der Waals surface area contributed by atoms with Gasteiger partial charge in [0, 0.05) is 31.8 Å². The maximum absolute atomic E-state index is 12.3. The lowest BCUT2D eigenvalue weighted by atomic mass is 10.0. The summed E-state index contributed by atoms with van der Waals surface area (Å²) in [5.41, 5.74) is 2.32. The zero-order valence-electron chi connectivity index (χ0n) is 12.9. The highest BCUT2D eigenvalue weighted by atomic mass is 16.5. The summed E-state index contributed by atoms with van der Waals surface area (Å²) in [5.74, 6) is 0.881. The van der Waals surface area contributed by atoms with Crippen molar-refractivity contribution in [2.24, 2.45) is 7.05 Å². The lowest BCUT2D eigenvalue weighted by Crippen LogP contribution is -2.16. The molecule has 7 heteroatoms. The third kappa shape index (κ3) is 3.04. The van der Waals surface area contributed by atoms with Gasteiger partial charge in [0.2, 0.25) is 0 Å². The van der Waals surface area contributed by atoms with Gasteiger partial charge in [-0.25, -0.2) is 0 Å². The molecule has 0 radical (unpaired) electrons. The number of aryl methyl sites for hydroxylation is 1. The summed E-state index contributed by atoms with van der Waals surface area (Å²) in [4.78, 5) is 12.3. The van der Waals surface area contributed by atoms with Gasteiger partial charge >= 0.3 is 0 Å². The van der Waals surface area contributed by atoms with Crippen molar-refractivity contribution in [3.8, 4) is 0 Å². The van der Waals surface area contributed by atoms with Crippen LogP contribution in [-0.2, 0) is 18.4 Å². The van der Waals surface area contributed by atoms with Crippen molar-refractivity contribution in [3.63, 3.8) is 0 Å². The standard InChI is InChI=1S/C15H21N5O2/c1-20-13(7-11(19-20)9-22-2)15(21)16-14-8-12(17-18-14)10-5-3-4-6-10/h7-8,10H,3-6,9H2,1-2H3,(H2,16,17,18,21). The summed E-state index contributed by atoms with van der Waals surface area (Å²) < 4.78 is 6.58. The Morgan fingerprint density at radius 1 is 1.45 bits per heavy atom. The molecular formula is C15H21N5O2. The summed E-state index contributed by atoms with van der Waals surface area (Å²) in [6, 6.07) is 3.66. The van der Waals surface area contributed by atoms with E-state index in [1.807, 2.05) is 6.07 Å². The summed E-state index contributed by atoms with van der Waals surface area (Å²) in [6.07, 6.45) is 4.92. The molecule has 2 heterocycles. The monoisotopic (exact) mass is 303 g/mol. The first kappa shape index (κ1) is 14.8. The number of hydrogen-bond donors (Lipinski definition) is 2. The number of hydrogen-bond acceptors (Lipinski definition) is 4. The highest BCUT2D eigenvalue weighted by molar-refractivity contribution is 6.02. The molecule has 118 valence electrons. The number of nitrogens with one attached hydrogen (secondary N) is 2. The Morgan fingerprint density at radius 3 is 2.95 bits per heavy atom. The molecule has 0 atom stereocenters. The molecule has 2 aromatic rings. The number of amides is 1. The number of aromatic nitrogens is 4. The van der Waals surface area contributed by atoms with E-state index in [2.05, 4.69) is 20.6 Å². The van der Waals surface area contributed by atoms with Crippen LogP contribution in [-0.4, -0.2) is 33.0 Å². The van der Waals surface area contributed by atoms with Gasteiger partial charge < -0.3 is 10.1 Å². The Morgan fingerprint density at radius 2 is 2.23 bits per heavy atom. The lowest BCUT2D eigenvalue weighted by Gasteiger charge is -2.03. The number of ether oxygens (including phenoxy) is 1. The Kier molecular flexibility index (Phi) is 4.24. The minimum absolute atomic E-state index is 0.221. The number of carbonyl (C=O) groups is 1. The van der Waals surface area contributed by atoms with E-state index in [1.165, 1.54) is 25.7 Å². The molecule has 0 aliphatic heterocycles. The number of methoxy groups -OCH3 is 1. The summed E-state index contributed by atoms with van der Waals surface area (Å²) in [7, 11) is 3.34. The van der Waals surface area contributed by atoms with Crippen molar-refractivity contribution in [3.05, 3.63) is 29.2 Å². The van der Waals surface area contributed by atoms with Crippen LogP contribution in [0.3, 0.4) is 0 Å². The highest BCUT2D eigenvalue weighted by Gasteiger charge is 2.20. The van der Waals surface area contributed by atoms with Crippen LogP contribution >= 0.6 is 0 Å². The molecule has 2 aromatic heterocycles. The second-order valence-electron chi connectivity index (χ2n) is 5.72. The van der Waals surface area contributed by atoms with E-state index < -0.39 is 0 Å². The number of aromatic amines is 1. The summed E-state index contributed by atoms with van der Waals surface area (Å²) in [5, 5.41) is 14.3. The number of nitrogens with zero attached hydrogens (tertiary/aromatic N) is 3. The molecule has 0 unspecified atom stereocenters. The van der Waals surface area contributed by atoms with Crippen LogP contribution in [0.4, 0.5) is 5.82 Å². The minimum Gasteiger partial charge on any atom is -0.378 e. The van der Waals surface area contributed by atoms with Crippen LogP contribution in [0.1, 0.15) is 53.5 Å². The van der Waals surface area contributed by atoms with Crippen LogP contribution in [0.25, 0.3) is 0 Å². The maximum Gasteiger partial charge on any atom is 0.275 e. The maximum atomic E-state index is 12.3. The van der Waals surface area contributed by atoms with Gasteiger partial charge in [0.05, 0.1) is 12.3 Å². The molecule has 1 aliphatic rings. The molecule has 22 heavy (non-hydrogen) atoms. The topological polar surface area (TPSA) is 84.8 Å². The molecule has 0 bridgehead atoms. The lowest BCUT2D eigenvalue weighted by molar-refractivity contribution is 0.101. The molecule has 1 aliphatic carbocycles. The van der Waals surface area contributed by atoms with E-state index in [-0.39, 0.29) is 5.91 Å².